The van der Waals surface area contributed by atoms with Crippen molar-refractivity contribution >= 4 is 23.2 Å². The second-order valence-electron chi connectivity index (χ2n) is 7.10. The third-order valence-corrected chi connectivity index (χ3v) is 5.88. The number of nitrogens with zero attached hydrogens (tertiary/aromatic N) is 4. The molecule has 0 radical (unpaired) electrons. The number of thiazole rings is 1. The van der Waals surface area contributed by atoms with Gasteiger partial charge in [0.1, 0.15) is 0 Å². The number of likely N-dealkylation sites (tertiary alicyclic amines) is 2. The van der Waals surface area contributed by atoms with Crippen molar-refractivity contribution in [1.82, 2.24) is 19.8 Å². The molecule has 2 aliphatic heterocycles. The van der Waals surface area contributed by atoms with E-state index in [0.29, 0.717) is 25.0 Å². The van der Waals surface area contributed by atoms with Crippen LogP contribution in [0, 0.1) is 6.92 Å². The minimum Gasteiger partial charge on any atom is -0.475 e. The van der Waals surface area contributed by atoms with Crippen molar-refractivity contribution < 1.29 is 27.9 Å². The number of fused-ring (bicyclic) bond motifs is 1. The molecule has 0 unspecified atom stereocenters. The van der Waals surface area contributed by atoms with Crippen LogP contribution in [0.15, 0.2) is 29.8 Å². The first-order chi connectivity index (χ1) is 14.1. The van der Waals surface area contributed by atoms with E-state index in [1.807, 2.05) is 30.2 Å². The molecule has 7 nitrogen and oxygen atoms in total. The molecule has 2 fully saturated rings. The number of aryl methyl sites for hydroxylation is 1. The van der Waals surface area contributed by atoms with Gasteiger partial charge >= 0.3 is 12.1 Å². The Balaban J connectivity index is 0.000000318. The van der Waals surface area contributed by atoms with Crippen molar-refractivity contribution in [3.05, 3.63) is 46.2 Å². The van der Waals surface area contributed by atoms with Crippen molar-refractivity contribution in [2.24, 2.45) is 0 Å². The van der Waals surface area contributed by atoms with Crippen LogP contribution in [0.1, 0.15) is 29.2 Å². The van der Waals surface area contributed by atoms with Gasteiger partial charge in [0, 0.05) is 43.2 Å². The number of carbonyl (C=O) groups is 2. The van der Waals surface area contributed by atoms with Crippen molar-refractivity contribution in [3.63, 3.8) is 0 Å². The molecule has 2 atom stereocenters. The van der Waals surface area contributed by atoms with Gasteiger partial charge in [0.2, 0.25) is 5.91 Å². The third-order valence-electron chi connectivity index (χ3n) is 5.06. The highest BCUT2D eigenvalue weighted by Gasteiger charge is 2.46. The average molecular weight is 442 g/mol. The van der Waals surface area contributed by atoms with Crippen molar-refractivity contribution in [3.8, 4) is 0 Å². The summed E-state index contributed by atoms with van der Waals surface area (Å²) in [6, 6.07) is 6.66. The number of hydrogen-bond acceptors (Lipinski definition) is 6. The summed E-state index contributed by atoms with van der Waals surface area (Å²) in [6.45, 7) is 4.53. The fraction of sp³-hybridized carbons (Fsp3) is 0.474. The molecule has 11 heteroatoms. The Morgan fingerprint density at radius 2 is 2.00 bits per heavy atom. The number of carboxylic acids is 1. The second-order valence-corrected chi connectivity index (χ2v) is 8.16. The summed E-state index contributed by atoms with van der Waals surface area (Å²) in [7, 11) is 0. The zero-order valence-electron chi connectivity index (χ0n) is 16.2. The lowest BCUT2D eigenvalue weighted by molar-refractivity contribution is -0.192. The largest absolute Gasteiger partial charge is 0.490 e. The van der Waals surface area contributed by atoms with E-state index >= 15 is 0 Å². The van der Waals surface area contributed by atoms with Crippen molar-refractivity contribution in [2.75, 3.05) is 6.54 Å². The number of rotatable bonds is 4. The summed E-state index contributed by atoms with van der Waals surface area (Å²) in [5, 5.41) is 10.3. The van der Waals surface area contributed by atoms with Crippen LogP contribution >= 0.6 is 11.3 Å². The van der Waals surface area contributed by atoms with E-state index in [-0.39, 0.29) is 5.91 Å². The molecular weight excluding hydrogens is 421 g/mol. The Hall–Kier alpha value is -2.53. The second kappa shape index (κ2) is 9.09. The van der Waals surface area contributed by atoms with Gasteiger partial charge in [-0.25, -0.2) is 9.78 Å². The van der Waals surface area contributed by atoms with E-state index in [9.17, 15) is 18.0 Å². The molecule has 1 amide bonds. The van der Waals surface area contributed by atoms with Gasteiger partial charge in [-0.05, 0) is 25.5 Å². The fourth-order valence-electron chi connectivity index (χ4n) is 3.77. The predicted octanol–water partition coefficient (Wildman–Crippen LogP) is 2.86. The van der Waals surface area contributed by atoms with E-state index in [1.54, 1.807) is 11.3 Å². The Kier molecular flexibility index (Phi) is 6.71. The van der Waals surface area contributed by atoms with Gasteiger partial charge in [-0.15, -0.1) is 11.3 Å². The number of hydrogen-bond donors (Lipinski definition) is 1. The summed E-state index contributed by atoms with van der Waals surface area (Å²) in [5.74, 6) is -2.50. The zero-order chi connectivity index (χ0) is 21.9. The highest BCUT2D eigenvalue weighted by atomic mass is 32.1. The van der Waals surface area contributed by atoms with Crippen LogP contribution in [-0.4, -0.2) is 61.6 Å². The Morgan fingerprint density at radius 3 is 2.57 bits per heavy atom. The van der Waals surface area contributed by atoms with Gasteiger partial charge in [0.25, 0.3) is 0 Å². The molecular formula is C19H21F3N4O3S. The lowest BCUT2D eigenvalue weighted by Crippen LogP contribution is -2.36. The maximum absolute atomic E-state index is 12.5. The van der Waals surface area contributed by atoms with Gasteiger partial charge < -0.3 is 10.0 Å². The quantitative estimate of drug-likeness (QED) is 0.784. The normalized spacial score (nSPS) is 21.3. The molecule has 0 spiro atoms. The van der Waals surface area contributed by atoms with Crippen LogP contribution < -0.4 is 0 Å². The molecule has 2 aromatic rings. The van der Waals surface area contributed by atoms with Crippen LogP contribution in [0.3, 0.4) is 0 Å². The minimum atomic E-state index is -5.08. The first kappa shape index (κ1) is 22.2. The molecule has 2 saturated heterocycles. The number of carbonyl (C=O) groups excluding carboxylic acids is 1. The predicted molar refractivity (Wildman–Crippen MR) is 103 cm³/mol. The smallest absolute Gasteiger partial charge is 0.475 e. The van der Waals surface area contributed by atoms with Crippen LogP contribution in [-0.2, 0) is 22.7 Å². The number of aliphatic carboxylic acids is 1. The van der Waals surface area contributed by atoms with E-state index in [4.69, 9.17) is 9.90 Å². The molecule has 4 rings (SSSR count). The van der Waals surface area contributed by atoms with Crippen molar-refractivity contribution in [2.45, 2.75) is 51.1 Å². The molecule has 2 aromatic heterocycles. The third kappa shape index (κ3) is 5.33. The van der Waals surface area contributed by atoms with Gasteiger partial charge in [-0.2, -0.15) is 13.2 Å². The summed E-state index contributed by atoms with van der Waals surface area (Å²) in [6.07, 6.45) is -1.58. The molecule has 0 aromatic carbocycles. The van der Waals surface area contributed by atoms with E-state index in [1.165, 1.54) is 0 Å². The molecule has 4 heterocycles. The first-order valence-electron chi connectivity index (χ1n) is 9.29. The molecule has 30 heavy (non-hydrogen) atoms. The number of pyridine rings is 1. The topological polar surface area (TPSA) is 86.6 Å². The van der Waals surface area contributed by atoms with E-state index in [2.05, 4.69) is 26.3 Å². The van der Waals surface area contributed by atoms with Gasteiger partial charge in [-0.1, -0.05) is 6.07 Å². The van der Waals surface area contributed by atoms with Gasteiger partial charge in [-0.3, -0.25) is 14.7 Å². The van der Waals surface area contributed by atoms with E-state index < -0.39 is 12.1 Å². The summed E-state index contributed by atoms with van der Waals surface area (Å²) in [5.41, 5.74) is 2.10. The van der Waals surface area contributed by atoms with E-state index in [0.717, 1.165) is 35.9 Å². The lowest BCUT2D eigenvalue weighted by Gasteiger charge is -2.24. The highest BCUT2D eigenvalue weighted by molar-refractivity contribution is 7.09. The molecule has 2 aliphatic rings. The monoisotopic (exact) mass is 442 g/mol. The number of alkyl halides is 3. The number of amides is 1. The van der Waals surface area contributed by atoms with Crippen LogP contribution in [0.4, 0.5) is 13.2 Å². The maximum atomic E-state index is 12.5. The molecule has 0 aliphatic carbocycles. The van der Waals surface area contributed by atoms with Gasteiger partial charge in [0.05, 0.1) is 22.9 Å². The number of aromatic nitrogens is 2. The maximum Gasteiger partial charge on any atom is 0.490 e. The SMILES string of the molecule is Cc1nc(CN2C(=O)C[C@@H]3[C@@H]2CCN3Cc2ccccn2)cs1.O=C(O)C(F)(F)F. The molecule has 1 N–H and O–H groups in total. The zero-order valence-corrected chi connectivity index (χ0v) is 17.0. The summed E-state index contributed by atoms with van der Waals surface area (Å²) in [4.78, 5) is 34.7. The molecule has 0 saturated carbocycles. The highest BCUT2D eigenvalue weighted by Crippen LogP contribution is 2.34. The lowest BCUT2D eigenvalue weighted by atomic mass is 10.1. The first-order valence-corrected chi connectivity index (χ1v) is 10.2. The molecule has 0 bridgehead atoms. The standard InChI is InChI=1S/C17H20N4OS.C2HF3O2/c1-12-19-14(11-23-12)10-21-15-5-7-20(16(15)8-17(21)22)9-13-4-2-3-6-18-13;3-2(4,5)1(6)7/h2-4,6,11,15-16H,5,7-10H2,1H3;(H,6,7)/t15-,16+;/m0./s1. The van der Waals surface area contributed by atoms with Crippen LogP contribution in [0.2, 0.25) is 0 Å². The molecule has 162 valence electrons. The summed E-state index contributed by atoms with van der Waals surface area (Å²) >= 11 is 1.65. The van der Waals surface area contributed by atoms with Crippen molar-refractivity contribution in [1.29, 1.82) is 0 Å². The van der Waals surface area contributed by atoms with Crippen LogP contribution in [0.5, 0.6) is 0 Å². The summed E-state index contributed by atoms with van der Waals surface area (Å²) < 4.78 is 31.7. The fourth-order valence-corrected chi connectivity index (χ4v) is 4.37. The Bertz CT molecular complexity index is 891. The number of halogens is 3. The average Bonchev–Trinajstić information content (AvgIpc) is 3.34. The Morgan fingerprint density at radius 1 is 1.27 bits per heavy atom. The Labute approximate surface area is 175 Å². The number of carboxylic acid groups (broad SMARTS) is 1. The van der Waals surface area contributed by atoms with Crippen LogP contribution in [0.25, 0.3) is 0 Å². The minimum absolute atomic E-state index is 0.261. The van der Waals surface area contributed by atoms with Gasteiger partial charge in [0.15, 0.2) is 0 Å².